The maximum Gasteiger partial charge on any atom is 0.224 e. The van der Waals surface area contributed by atoms with Crippen LogP contribution >= 0.6 is 0 Å². The van der Waals surface area contributed by atoms with Crippen LogP contribution in [0, 0.1) is 6.92 Å². The number of aromatic nitrogens is 1. The highest BCUT2D eigenvalue weighted by molar-refractivity contribution is 5.98. The summed E-state index contributed by atoms with van der Waals surface area (Å²) in [6, 6.07) is 13.1. The lowest BCUT2D eigenvalue weighted by Gasteiger charge is -2.33. The number of rotatable bonds is 6. The largest absolute Gasteiger partial charge is 0.486 e. The fraction of sp³-hybridized carbons (Fsp3) is 0.370. The molecular formula is C27H31N5O4. The van der Waals surface area contributed by atoms with Crippen molar-refractivity contribution < 1.29 is 19.1 Å². The van der Waals surface area contributed by atoms with Crippen LogP contribution in [0.2, 0.25) is 0 Å². The van der Waals surface area contributed by atoms with Crippen molar-refractivity contribution in [2.75, 3.05) is 62.0 Å². The molecule has 5 rings (SSSR count). The van der Waals surface area contributed by atoms with Crippen molar-refractivity contribution in [3.8, 4) is 11.5 Å². The molecule has 0 bridgehead atoms. The third kappa shape index (κ3) is 5.52. The second-order valence-electron chi connectivity index (χ2n) is 9.27. The number of hydrogen-bond donors (Lipinski definition) is 2. The summed E-state index contributed by atoms with van der Waals surface area (Å²) in [4.78, 5) is 34.4. The van der Waals surface area contributed by atoms with Gasteiger partial charge in [0.05, 0.1) is 5.52 Å². The molecular weight excluding hydrogens is 458 g/mol. The molecule has 2 aliphatic heterocycles. The van der Waals surface area contributed by atoms with Gasteiger partial charge in [-0.3, -0.25) is 9.59 Å². The van der Waals surface area contributed by atoms with Gasteiger partial charge in [0.25, 0.3) is 0 Å². The molecule has 0 radical (unpaired) electrons. The van der Waals surface area contributed by atoms with Crippen LogP contribution in [-0.4, -0.2) is 68.1 Å². The number of carbonyl (C=O) groups excluding carboxylic acids is 2. The molecule has 36 heavy (non-hydrogen) atoms. The highest BCUT2D eigenvalue weighted by Gasteiger charge is 2.17. The average molecular weight is 490 g/mol. The molecule has 2 amide bonds. The molecule has 1 fully saturated rings. The monoisotopic (exact) mass is 489 g/mol. The second-order valence-corrected chi connectivity index (χ2v) is 9.27. The summed E-state index contributed by atoms with van der Waals surface area (Å²) < 4.78 is 11.0. The van der Waals surface area contributed by atoms with Crippen LogP contribution in [0.15, 0.2) is 42.5 Å². The number of likely N-dealkylation sites (N-methyl/N-ethyl adjacent to an activating group) is 1. The lowest BCUT2D eigenvalue weighted by atomic mass is 10.1. The Balaban J connectivity index is 1.16. The highest BCUT2D eigenvalue weighted by Crippen LogP contribution is 2.32. The summed E-state index contributed by atoms with van der Waals surface area (Å²) in [5.74, 6) is 1.81. The van der Waals surface area contributed by atoms with Gasteiger partial charge in [-0.25, -0.2) is 4.98 Å². The van der Waals surface area contributed by atoms with Crippen molar-refractivity contribution in [3.05, 3.63) is 48.0 Å². The van der Waals surface area contributed by atoms with E-state index in [9.17, 15) is 9.59 Å². The topological polar surface area (TPSA) is 96.0 Å². The number of aryl methyl sites for hydroxylation is 1. The summed E-state index contributed by atoms with van der Waals surface area (Å²) in [6.07, 6.45) is 0.150. The number of pyridine rings is 1. The quantitative estimate of drug-likeness (QED) is 0.548. The van der Waals surface area contributed by atoms with Crippen molar-refractivity contribution in [2.24, 2.45) is 0 Å². The van der Waals surface area contributed by atoms with Gasteiger partial charge in [-0.05, 0) is 55.9 Å². The predicted octanol–water partition coefficient (Wildman–Crippen LogP) is 3.42. The molecule has 0 aliphatic carbocycles. The maximum absolute atomic E-state index is 12.5. The number of nitrogens with one attached hydrogen (secondary N) is 2. The summed E-state index contributed by atoms with van der Waals surface area (Å²) >= 11 is 0. The first kappa shape index (κ1) is 23.9. The van der Waals surface area contributed by atoms with E-state index in [2.05, 4.69) is 40.5 Å². The Morgan fingerprint density at radius 1 is 0.861 bits per heavy atom. The molecule has 0 unspecified atom stereocenters. The Kier molecular flexibility index (Phi) is 6.90. The van der Waals surface area contributed by atoms with E-state index in [-0.39, 0.29) is 24.7 Å². The van der Waals surface area contributed by atoms with Crippen LogP contribution in [0.3, 0.4) is 0 Å². The Labute approximate surface area is 210 Å². The van der Waals surface area contributed by atoms with Gasteiger partial charge in [-0.15, -0.1) is 0 Å². The molecule has 3 aromatic rings. The smallest absolute Gasteiger partial charge is 0.224 e. The van der Waals surface area contributed by atoms with E-state index in [4.69, 9.17) is 14.5 Å². The van der Waals surface area contributed by atoms with Crippen molar-refractivity contribution in [1.29, 1.82) is 0 Å². The minimum Gasteiger partial charge on any atom is -0.486 e. The number of ether oxygens (including phenoxy) is 2. The van der Waals surface area contributed by atoms with Gasteiger partial charge < -0.3 is 29.9 Å². The van der Waals surface area contributed by atoms with Crippen molar-refractivity contribution in [2.45, 2.75) is 19.8 Å². The SMILES string of the molecule is Cc1cc(N2CCN(C)CC2)nc2ccc(NC(=O)CCC(=O)Nc3ccc4c(c3)OCCO4)cc12. The van der Waals surface area contributed by atoms with Crippen LogP contribution in [-0.2, 0) is 9.59 Å². The number of fused-ring (bicyclic) bond motifs is 2. The summed E-state index contributed by atoms with van der Waals surface area (Å²) in [6.45, 7) is 7.04. The molecule has 9 nitrogen and oxygen atoms in total. The zero-order valence-electron chi connectivity index (χ0n) is 20.7. The highest BCUT2D eigenvalue weighted by atomic mass is 16.6. The molecule has 3 heterocycles. The zero-order chi connectivity index (χ0) is 25.1. The van der Waals surface area contributed by atoms with Gasteiger partial charge in [0.2, 0.25) is 11.8 Å². The number of nitrogens with zero attached hydrogens (tertiary/aromatic N) is 3. The first-order valence-electron chi connectivity index (χ1n) is 12.3. The molecule has 0 atom stereocenters. The predicted molar refractivity (Wildman–Crippen MR) is 140 cm³/mol. The molecule has 0 saturated carbocycles. The molecule has 9 heteroatoms. The Bertz CT molecular complexity index is 1290. The van der Waals surface area contributed by atoms with Crippen LogP contribution in [0.5, 0.6) is 11.5 Å². The van der Waals surface area contributed by atoms with Gasteiger partial charge in [0.1, 0.15) is 19.0 Å². The minimum absolute atomic E-state index is 0.0722. The van der Waals surface area contributed by atoms with Crippen molar-refractivity contribution in [1.82, 2.24) is 9.88 Å². The van der Waals surface area contributed by atoms with Crippen LogP contribution in [0.4, 0.5) is 17.2 Å². The summed E-state index contributed by atoms with van der Waals surface area (Å²) in [5, 5.41) is 6.72. The standard InChI is InChI=1S/C27H31N5O4/c1-18-15-25(32-11-9-31(2)10-12-32)30-22-5-3-19(16-21(18)22)28-26(33)7-8-27(34)29-20-4-6-23-24(17-20)36-14-13-35-23/h3-6,15-17H,7-14H2,1-2H3,(H,28,33)(H,29,34). The molecule has 0 spiro atoms. The average Bonchev–Trinajstić information content (AvgIpc) is 2.88. The molecule has 1 saturated heterocycles. The van der Waals surface area contributed by atoms with Gasteiger partial charge in [0.15, 0.2) is 11.5 Å². The van der Waals surface area contributed by atoms with E-state index in [0.717, 1.165) is 48.5 Å². The number of piperazine rings is 1. The van der Waals surface area contributed by atoms with E-state index < -0.39 is 0 Å². The van der Waals surface area contributed by atoms with E-state index in [1.54, 1.807) is 18.2 Å². The van der Waals surface area contributed by atoms with E-state index in [1.165, 1.54) is 0 Å². The Hall–Kier alpha value is -3.85. The Morgan fingerprint density at radius 3 is 2.22 bits per heavy atom. The fourth-order valence-corrected chi connectivity index (χ4v) is 4.45. The second kappa shape index (κ2) is 10.4. The molecule has 2 aromatic carbocycles. The summed E-state index contributed by atoms with van der Waals surface area (Å²) in [5.41, 5.74) is 3.32. The number of anilines is 3. The number of carbonyl (C=O) groups is 2. The zero-order valence-corrected chi connectivity index (χ0v) is 20.7. The molecule has 2 aliphatic rings. The normalized spacial score (nSPS) is 15.6. The van der Waals surface area contributed by atoms with Gasteiger partial charge >= 0.3 is 0 Å². The van der Waals surface area contributed by atoms with Crippen LogP contribution in [0.1, 0.15) is 18.4 Å². The maximum atomic E-state index is 12.5. The number of hydrogen-bond acceptors (Lipinski definition) is 7. The van der Waals surface area contributed by atoms with E-state index in [1.807, 2.05) is 18.2 Å². The molecule has 2 N–H and O–H groups in total. The first-order chi connectivity index (χ1) is 17.4. The van der Waals surface area contributed by atoms with E-state index >= 15 is 0 Å². The minimum atomic E-state index is -0.239. The van der Waals surface area contributed by atoms with Crippen molar-refractivity contribution >= 4 is 39.9 Å². The lowest BCUT2D eigenvalue weighted by Crippen LogP contribution is -2.44. The van der Waals surface area contributed by atoms with E-state index in [0.29, 0.717) is 36.1 Å². The van der Waals surface area contributed by atoms with Crippen molar-refractivity contribution in [3.63, 3.8) is 0 Å². The van der Waals surface area contributed by atoms with Crippen LogP contribution in [0.25, 0.3) is 10.9 Å². The third-order valence-corrected chi connectivity index (χ3v) is 6.52. The van der Waals surface area contributed by atoms with Gasteiger partial charge in [-0.2, -0.15) is 0 Å². The van der Waals surface area contributed by atoms with Crippen LogP contribution < -0.4 is 25.0 Å². The lowest BCUT2D eigenvalue weighted by molar-refractivity contribution is -0.121. The Morgan fingerprint density at radius 2 is 1.50 bits per heavy atom. The third-order valence-electron chi connectivity index (χ3n) is 6.52. The number of amides is 2. The number of benzene rings is 2. The summed E-state index contributed by atoms with van der Waals surface area (Å²) in [7, 11) is 2.14. The van der Waals surface area contributed by atoms with Gasteiger partial charge in [0, 0.05) is 61.8 Å². The first-order valence-corrected chi connectivity index (χ1v) is 12.3. The fourth-order valence-electron chi connectivity index (χ4n) is 4.45. The molecule has 1 aromatic heterocycles. The molecule has 188 valence electrons. The van der Waals surface area contributed by atoms with Gasteiger partial charge in [-0.1, -0.05) is 0 Å².